The smallest absolute Gasteiger partial charge is 0.299 e. The van der Waals surface area contributed by atoms with Gasteiger partial charge in [-0.3, -0.25) is 4.79 Å². The Balaban J connectivity index is 1.87. The highest BCUT2D eigenvalue weighted by atomic mass is 35.5. The van der Waals surface area contributed by atoms with Gasteiger partial charge in [0.25, 0.3) is 5.56 Å². The summed E-state index contributed by atoms with van der Waals surface area (Å²) in [5.41, 5.74) is 1.48. The summed E-state index contributed by atoms with van der Waals surface area (Å²) in [4.78, 5) is 12.4. The van der Waals surface area contributed by atoms with Gasteiger partial charge in [-0.1, -0.05) is 71.9 Å². The van der Waals surface area contributed by atoms with E-state index >= 15 is 0 Å². The lowest BCUT2D eigenvalue weighted by atomic mass is 10.2. The summed E-state index contributed by atoms with van der Waals surface area (Å²) >= 11 is 7.43. The van der Waals surface area contributed by atoms with Crippen molar-refractivity contribution < 1.29 is 0 Å². The lowest BCUT2D eigenvalue weighted by Crippen LogP contribution is -2.32. The van der Waals surface area contributed by atoms with Gasteiger partial charge in [0, 0.05) is 16.3 Å². The maximum atomic E-state index is 12.4. The third kappa shape index (κ3) is 3.38. The predicted molar refractivity (Wildman–Crippen MR) is 92.9 cm³/mol. The zero-order valence-corrected chi connectivity index (χ0v) is 13.6. The molecule has 0 spiro atoms. The van der Waals surface area contributed by atoms with Crippen molar-refractivity contribution >= 4 is 23.4 Å². The third-order valence-electron chi connectivity index (χ3n) is 3.22. The summed E-state index contributed by atoms with van der Waals surface area (Å²) in [5.74, 6) is 6.42. The van der Waals surface area contributed by atoms with Crippen molar-refractivity contribution in [3.05, 3.63) is 75.5 Å². The van der Waals surface area contributed by atoms with E-state index < -0.39 is 0 Å². The quantitative estimate of drug-likeness (QED) is 0.582. The van der Waals surface area contributed by atoms with Crippen LogP contribution in [0, 0.1) is 0 Å². The van der Waals surface area contributed by atoms with Crippen LogP contribution in [-0.4, -0.2) is 14.9 Å². The fraction of sp³-hybridized carbons (Fsp3) is 0.0625. The van der Waals surface area contributed by atoms with Gasteiger partial charge < -0.3 is 5.84 Å². The summed E-state index contributed by atoms with van der Waals surface area (Å²) in [6, 6.07) is 16.6. The molecule has 0 saturated heterocycles. The van der Waals surface area contributed by atoms with Crippen LogP contribution in [-0.2, 0) is 5.75 Å². The van der Waals surface area contributed by atoms with E-state index in [1.54, 1.807) is 12.1 Å². The zero-order valence-electron chi connectivity index (χ0n) is 12.0. The second-order valence-corrected chi connectivity index (χ2v) is 6.10. The molecule has 0 fully saturated rings. The van der Waals surface area contributed by atoms with E-state index in [9.17, 15) is 4.79 Å². The van der Waals surface area contributed by atoms with Crippen molar-refractivity contribution in [2.75, 3.05) is 5.84 Å². The Bertz CT molecular complexity index is 883. The third-order valence-corrected chi connectivity index (χ3v) is 4.59. The highest BCUT2D eigenvalue weighted by Crippen LogP contribution is 2.24. The number of benzene rings is 2. The van der Waals surface area contributed by atoms with Crippen LogP contribution < -0.4 is 11.4 Å². The van der Waals surface area contributed by atoms with Gasteiger partial charge in [0.1, 0.15) is 0 Å². The molecule has 0 unspecified atom stereocenters. The maximum absolute atomic E-state index is 12.4. The summed E-state index contributed by atoms with van der Waals surface area (Å²) in [6.07, 6.45) is 0. The standard InChI is InChI=1S/C16H13ClN4OS/c17-13-9-5-4-8-12(13)10-23-16-20-19-14(15(22)21(16)18)11-6-2-1-3-7-11/h1-9H,10,18H2. The molecule has 3 aromatic rings. The lowest BCUT2D eigenvalue weighted by Gasteiger charge is -2.08. The Morgan fingerprint density at radius 3 is 2.48 bits per heavy atom. The van der Waals surface area contributed by atoms with Crippen molar-refractivity contribution in [3.8, 4) is 11.3 Å². The molecule has 0 aliphatic heterocycles. The first-order valence-electron chi connectivity index (χ1n) is 6.83. The Morgan fingerprint density at radius 2 is 1.74 bits per heavy atom. The molecular formula is C16H13ClN4OS. The molecule has 116 valence electrons. The maximum Gasteiger partial charge on any atom is 0.299 e. The van der Waals surface area contributed by atoms with Crippen LogP contribution in [0.15, 0.2) is 64.5 Å². The normalized spacial score (nSPS) is 10.7. The minimum absolute atomic E-state index is 0.232. The fourth-order valence-corrected chi connectivity index (χ4v) is 3.16. The molecule has 2 N–H and O–H groups in total. The molecule has 1 heterocycles. The average Bonchev–Trinajstić information content (AvgIpc) is 2.58. The number of hydrogen-bond acceptors (Lipinski definition) is 5. The first-order chi connectivity index (χ1) is 11.2. The molecule has 5 nitrogen and oxygen atoms in total. The summed E-state index contributed by atoms with van der Waals surface area (Å²) in [6.45, 7) is 0. The molecule has 0 amide bonds. The van der Waals surface area contributed by atoms with Crippen LogP contribution in [0.3, 0.4) is 0 Å². The topological polar surface area (TPSA) is 73.8 Å². The number of hydrogen-bond donors (Lipinski definition) is 1. The van der Waals surface area contributed by atoms with Gasteiger partial charge in [-0.15, -0.1) is 10.2 Å². The van der Waals surface area contributed by atoms with Crippen molar-refractivity contribution in [1.82, 2.24) is 14.9 Å². The molecule has 0 bridgehead atoms. The van der Waals surface area contributed by atoms with Crippen molar-refractivity contribution in [2.24, 2.45) is 0 Å². The molecule has 1 aromatic heterocycles. The molecule has 23 heavy (non-hydrogen) atoms. The number of nitrogens with two attached hydrogens (primary N) is 1. The minimum Gasteiger partial charge on any atom is -0.334 e. The Hall–Kier alpha value is -2.31. The van der Waals surface area contributed by atoms with E-state index in [4.69, 9.17) is 17.4 Å². The molecule has 0 atom stereocenters. The van der Waals surface area contributed by atoms with Crippen molar-refractivity contribution in [3.63, 3.8) is 0 Å². The van der Waals surface area contributed by atoms with Gasteiger partial charge >= 0.3 is 0 Å². The van der Waals surface area contributed by atoms with E-state index in [1.165, 1.54) is 11.8 Å². The van der Waals surface area contributed by atoms with E-state index in [2.05, 4.69) is 10.2 Å². The number of nitrogens with zero attached hydrogens (tertiary/aromatic N) is 3. The van der Waals surface area contributed by atoms with Gasteiger partial charge in [-0.25, -0.2) is 0 Å². The average molecular weight is 345 g/mol. The minimum atomic E-state index is -0.382. The van der Waals surface area contributed by atoms with Gasteiger partial charge in [-0.05, 0) is 11.6 Å². The second-order valence-electron chi connectivity index (χ2n) is 4.75. The monoisotopic (exact) mass is 344 g/mol. The van der Waals surface area contributed by atoms with E-state index in [0.29, 0.717) is 21.5 Å². The van der Waals surface area contributed by atoms with E-state index in [1.807, 2.05) is 42.5 Å². The van der Waals surface area contributed by atoms with Gasteiger partial charge in [-0.2, -0.15) is 4.68 Å². The molecule has 0 saturated carbocycles. The number of aromatic nitrogens is 3. The van der Waals surface area contributed by atoms with Gasteiger partial charge in [0.05, 0.1) is 0 Å². The molecule has 0 radical (unpaired) electrons. The van der Waals surface area contributed by atoms with Crippen LogP contribution in [0.25, 0.3) is 11.3 Å². The Morgan fingerprint density at radius 1 is 1.04 bits per heavy atom. The van der Waals surface area contributed by atoms with Gasteiger partial charge in [0.2, 0.25) is 5.16 Å². The predicted octanol–water partition coefficient (Wildman–Crippen LogP) is 2.96. The zero-order chi connectivity index (χ0) is 16.2. The Kier molecular flexibility index (Phi) is 4.64. The first-order valence-corrected chi connectivity index (χ1v) is 8.19. The van der Waals surface area contributed by atoms with Crippen molar-refractivity contribution in [1.29, 1.82) is 0 Å². The summed E-state index contributed by atoms with van der Waals surface area (Å²) in [7, 11) is 0. The number of nitrogen functional groups attached to an aromatic ring is 1. The van der Waals surface area contributed by atoms with Gasteiger partial charge in [0.15, 0.2) is 5.69 Å². The van der Waals surface area contributed by atoms with Crippen LogP contribution in [0.2, 0.25) is 5.02 Å². The highest BCUT2D eigenvalue weighted by molar-refractivity contribution is 7.98. The molecular weight excluding hydrogens is 332 g/mol. The van der Waals surface area contributed by atoms with Crippen LogP contribution >= 0.6 is 23.4 Å². The molecule has 0 aliphatic rings. The van der Waals surface area contributed by atoms with E-state index in [-0.39, 0.29) is 11.3 Å². The summed E-state index contributed by atoms with van der Waals surface area (Å²) in [5, 5.41) is 9.10. The highest BCUT2D eigenvalue weighted by Gasteiger charge is 2.12. The molecule has 7 heteroatoms. The molecule has 0 aliphatic carbocycles. The fourth-order valence-electron chi connectivity index (χ4n) is 2.02. The second kappa shape index (κ2) is 6.85. The molecule has 2 aromatic carbocycles. The van der Waals surface area contributed by atoms with E-state index in [0.717, 1.165) is 10.2 Å². The largest absolute Gasteiger partial charge is 0.334 e. The lowest BCUT2D eigenvalue weighted by molar-refractivity contribution is 0.704. The van der Waals surface area contributed by atoms with Crippen LogP contribution in [0.4, 0.5) is 0 Å². The number of halogens is 1. The first kappa shape index (κ1) is 15.6. The van der Waals surface area contributed by atoms with Crippen LogP contribution in [0.5, 0.6) is 0 Å². The number of thioether (sulfide) groups is 1. The molecule has 3 rings (SSSR count). The summed E-state index contributed by atoms with van der Waals surface area (Å²) < 4.78 is 1.02. The van der Waals surface area contributed by atoms with Crippen LogP contribution in [0.1, 0.15) is 5.56 Å². The Labute approximate surface area is 142 Å². The SMILES string of the molecule is Nn1c(SCc2ccccc2Cl)nnc(-c2ccccc2)c1=O. The number of rotatable bonds is 4. The van der Waals surface area contributed by atoms with Crippen molar-refractivity contribution in [2.45, 2.75) is 10.9 Å².